The van der Waals surface area contributed by atoms with Gasteiger partial charge >= 0.3 is 0 Å². The van der Waals surface area contributed by atoms with Gasteiger partial charge < -0.3 is 18.9 Å². The highest BCUT2D eigenvalue weighted by Gasteiger charge is 2.24. The maximum atomic E-state index is 5.69. The first-order valence-corrected chi connectivity index (χ1v) is 5.45. The van der Waals surface area contributed by atoms with Gasteiger partial charge in [0.15, 0.2) is 11.5 Å². The smallest absolute Gasteiger partial charge is 0.231 e. The summed E-state index contributed by atoms with van der Waals surface area (Å²) in [4.78, 5) is 0. The standard InChI is InChI=1S/C12H14O4/c1-8(13-5-10-6-14-10)9-2-3-11-12(4-9)16-7-15-11/h2-4,8,10H,5-7H2,1H3. The minimum Gasteiger partial charge on any atom is -0.454 e. The quantitative estimate of drug-likeness (QED) is 0.729. The molecule has 1 saturated heterocycles. The Kier molecular flexibility index (Phi) is 2.46. The van der Waals surface area contributed by atoms with E-state index in [1.807, 2.05) is 25.1 Å². The average molecular weight is 222 g/mol. The molecule has 0 radical (unpaired) electrons. The Labute approximate surface area is 94.1 Å². The molecule has 0 aromatic heterocycles. The van der Waals surface area contributed by atoms with Gasteiger partial charge in [-0.05, 0) is 24.6 Å². The van der Waals surface area contributed by atoms with Crippen molar-refractivity contribution < 1.29 is 18.9 Å². The van der Waals surface area contributed by atoms with E-state index < -0.39 is 0 Å². The highest BCUT2D eigenvalue weighted by molar-refractivity contribution is 5.44. The van der Waals surface area contributed by atoms with Crippen LogP contribution in [0.25, 0.3) is 0 Å². The molecule has 0 bridgehead atoms. The molecule has 2 aliphatic heterocycles. The van der Waals surface area contributed by atoms with Crippen LogP contribution in [0.5, 0.6) is 11.5 Å². The van der Waals surface area contributed by atoms with Crippen molar-refractivity contribution in [2.24, 2.45) is 0 Å². The molecule has 4 heteroatoms. The molecule has 2 unspecified atom stereocenters. The molecule has 2 atom stereocenters. The van der Waals surface area contributed by atoms with E-state index in [4.69, 9.17) is 18.9 Å². The van der Waals surface area contributed by atoms with Crippen LogP contribution in [0.4, 0.5) is 0 Å². The Hall–Kier alpha value is -1.26. The molecule has 0 N–H and O–H groups in total. The van der Waals surface area contributed by atoms with E-state index in [0.717, 1.165) is 23.7 Å². The van der Waals surface area contributed by atoms with E-state index >= 15 is 0 Å². The summed E-state index contributed by atoms with van der Waals surface area (Å²) in [5.41, 5.74) is 1.10. The van der Waals surface area contributed by atoms with E-state index in [1.54, 1.807) is 0 Å². The highest BCUT2D eigenvalue weighted by atomic mass is 16.7. The van der Waals surface area contributed by atoms with E-state index in [-0.39, 0.29) is 6.10 Å². The number of hydrogen-bond donors (Lipinski definition) is 0. The summed E-state index contributed by atoms with van der Waals surface area (Å²) in [6.45, 7) is 3.83. The van der Waals surface area contributed by atoms with Crippen molar-refractivity contribution in [2.75, 3.05) is 20.0 Å². The SMILES string of the molecule is CC(OCC1CO1)c1ccc2c(c1)OCO2. The van der Waals surface area contributed by atoms with Crippen LogP contribution in [-0.2, 0) is 9.47 Å². The van der Waals surface area contributed by atoms with Gasteiger partial charge in [0.1, 0.15) is 6.10 Å². The molecule has 2 heterocycles. The van der Waals surface area contributed by atoms with Crippen molar-refractivity contribution >= 4 is 0 Å². The van der Waals surface area contributed by atoms with Crippen molar-refractivity contribution in [2.45, 2.75) is 19.1 Å². The molecule has 0 spiro atoms. The van der Waals surface area contributed by atoms with Crippen LogP contribution in [0, 0.1) is 0 Å². The second kappa shape index (κ2) is 3.96. The first kappa shape index (κ1) is 9.93. The summed E-state index contributed by atoms with van der Waals surface area (Å²) in [5.74, 6) is 1.61. The van der Waals surface area contributed by atoms with Gasteiger partial charge in [-0.2, -0.15) is 0 Å². The van der Waals surface area contributed by atoms with Crippen LogP contribution in [0.1, 0.15) is 18.6 Å². The van der Waals surface area contributed by atoms with E-state index in [1.165, 1.54) is 0 Å². The molecule has 1 fully saturated rings. The summed E-state index contributed by atoms with van der Waals surface area (Å²) < 4.78 is 21.4. The van der Waals surface area contributed by atoms with Crippen LogP contribution in [0.2, 0.25) is 0 Å². The number of hydrogen-bond acceptors (Lipinski definition) is 4. The monoisotopic (exact) mass is 222 g/mol. The zero-order chi connectivity index (χ0) is 11.0. The molecule has 16 heavy (non-hydrogen) atoms. The first-order chi connectivity index (χ1) is 7.83. The third-order valence-electron chi connectivity index (χ3n) is 2.80. The van der Waals surface area contributed by atoms with Gasteiger partial charge in [-0.1, -0.05) is 6.07 Å². The molecule has 0 amide bonds. The van der Waals surface area contributed by atoms with Crippen molar-refractivity contribution in [3.63, 3.8) is 0 Å². The van der Waals surface area contributed by atoms with Crippen LogP contribution >= 0.6 is 0 Å². The number of fused-ring (bicyclic) bond motifs is 1. The zero-order valence-electron chi connectivity index (χ0n) is 9.14. The largest absolute Gasteiger partial charge is 0.454 e. The van der Waals surface area contributed by atoms with Gasteiger partial charge in [0.2, 0.25) is 6.79 Å². The predicted octanol–water partition coefficient (Wildman–Crippen LogP) is 1.89. The lowest BCUT2D eigenvalue weighted by Gasteiger charge is -2.12. The molecule has 86 valence electrons. The summed E-state index contributed by atoms with van der Waals surface area (Å²) in [5, 5.41) is 0. The molecular weight excluding hydrogens is 208 g/mol. The lowest BCUT2D eigenvalue weighted by Crippen LogP contribution is -2.06. The molecule has 0 saturated carbocycles. The lowest BCUT2D eigenvalue weighted by atomic mass is 10.1. The Balaban J connectivity index is 1.67. The lowest BCUT2D eigenvalue weighted by molar-refractivity contribution is 0.0538. The van der Waals surface area contributed by atoms with Crippen LogP contribution in [0.3, 0.4) is 0 Å². The normalized spacial score (nSPS) is 23.2. The van der Waals surface area contributed by atoms with E-state index in [0.29, 0.717) is 19.5 Å². The van der Waals surface area contributed by atoms with E-state index in [9.17, 15) is 0 Å². The maximum Gasteiger partial charge on any atom is 0.231 e. The van der Waals surface area contributed by atoms with Gasteiger partial charge in [-0.3, -0.25) is 0 Å². The van der Waals surface area contributed by atoms with Crippen molar-refractivity contribution in [1.29, 1.82) is 0 Å². The summed E-state index contributed by atoms with van der Waals surface area (Å²) in [6.07, 6.45) is 0.357. The molecule has 4 nitrogen and oxygen atoms in total. The second-order valence-electron chi connectivity index (χ2n) is 4.04. The fourth-order valence-electron chi connectivity index (χ4n) is 1.68. The fourth-order valence-corrected chi connectivity index (χ4v) is 1.68. The molecule has 0 aliphatic carbocycles. The Morgan fingerprint density at radius 3 is 3.00 bits per heavy atom. The summed E-state index contributed by atoms with van der Waals surface area (Å²) >= 11 is 0. The summed E-state index contributed by atoms with van der Waals surface area (Å²) in [7, 11) is 0. The van der Waals surface area contributed by atoms with Crippen molar-refractivity contribution in [3.8, 4) is 11.5 Å². The molecule has 1 aromatic carbocycles. The average Bonchev–Trinajstić information content (AvgIpc) is 3.01. The van der Waals surface area contributed by atoms with Crippen LogP contribution in [-0.4, -0.2) is 26.1 Å². The number of ether oxygens (including phenoxy) is 4. The number of epoxide rings is 1. The minimum absolute atomic E-state index is 0.0544. The second-order valence-corrected chi connectivity index (χ2v) is 4.04. The van der Waals surface area contributed by atoms with Crippen LogP contribution in [0.15, 0.2) is 18.2 Å². The third-order valence-corrected chi connectivity index (χ3v) is 2.80. The Morgan fingerprint density at radius 2 is 2.19 bits per heavy atom. The minimum atomic E-state index is 0.0544. The molecule has 1 aromatic rings. The predicted molar refractivity (Wildman–Crippen MR) is 56.7 cm³/mol. The first-order valence-electron chi connectivity index (χ1n) is 5.45. The van der Waals surface area contributed by atoms with Gasteiger partial charge in [-0.25, -0.2) is 0 Å². The van der Waals surface area contributed by atoms with Gasteiger partial charge in [-0.15, -0.1) is 0 Å². The van der Waals surface area contributed by atoms with Gasteiger partial charge in [0.05, 0.1) is 19.3 Å². The number of rotatable bonds is 4. The van der Waals surface area contributed by atoms with Crippen molar-refractivity contribution in [3.05, 3.63) is 23.8 Å². The highest BCUT2D eigenvalue weighted by Crippen LogP contribution is 2.34. The topological polar surface area (TPSA) is 40.2 Å². The van der Waals surface area contributed by atoms with Crippen molar-refractivity contribution in [1.82, 2.24) is 0 Å². The molecule has 3 rings (SSSR count). The summed E-state index contributed by atoms with van der Waals surface area (Å²) in [6, 6.07) is 5.90. The molecule has 2 aliphatic rings. The van der Waals surface area contributed by atoms with Gasteiger partial charge in [0.25, 0.3) is 0 Å². The van der Waals surface area contributed by atoms with Crippen LogP contribution < -0.4 is 9.47 Å². The Morgan fingerprint density at radius 1 is 1.38 bits per heavy atom. The number of benzene rings is 1. The third kappa shape index (κ3) is 1.99. The fraction of sp³-hybridized carbons (Fsp3) is 0.500. The molecular formula is C12H14O4. The van der Waals surface area contributed by atoms with Gasteiger partial charge in [0, 0.05) is 0 Å². The Bertz CT molecular complexity index is 387. The van der Waals surface area contributed by atoms with E-state index in [2.05, 4.69) is 0 Å². The zero-order valence-corrected chi connectivity index (χ0v) is 9.14. The maximum absolute atomic E-state index is 5.69.